The molecule has 1 saturated heterocycles. The van der Waals surface area contributed by atoms with Crippen LogP contribution in [-0.4, -0.2) is 78.7 Å². The van der Waals surface area contributed by atoms with Crippen LogP contribution in [0.15, 0.2) is 72.9 Å². The summed E-state index contributed by atoms with van der Waals surface area (Å²) in [4.78, 5) is 27.3. The Labute approximate surface area is 259 Å². The minimum atomic E-state index is -0.379. The Morgan fingerprint density at radius 3 is 2.30 bits per heavy atom. The van der Waals surface area contributed by atoms with Crippen LogP contribution >= 0.6 is 0 Å². The van der Waals surface area contributed by atoms with Gasteiger partial charge in [0, 0.05) is 50.3 Å². The van der Waals surface area contributed by atoms with Gasteiger partial charge in [0.2, 0.25) is 11.8 Å². The van der Waals surface area contributed by atoms with Gasteiger partial charge in [0.25, 0.3) is 5.91 Å². The lowest BCUT2D eigenvalue weighted by atomic mass is 10.1. The molecule has 5 rings (SSSR count). The molecule has 10 heteroatoms. The zero-order valence-electron chi connectivity index (χ0n) is 25.8. The highest BCUT2D eigenvalue weighted by Gasteiger charge is 2.20. The Balaban J connectivity index is 1.31. The van der Waals surface area contributed by atoms with E-state index in [4.69, 9.17) is 14.2 Å². The van der Waals surface area contributed by atoms with E-state index in [0.29, 0.717) is 24.7 Å². The van der Waals surface area contributed by atoms with E-state index in [9.17, 15) is 4.79 Å². The predicted octanol–water partition coefficient (Wildman–Crippen LogP) is 5.91. The first kappa shape index (κ1) is 30.8. The van der Waals surface area contributed by atoms with E-state index >= 15 is 0 Å². The molecule has 1 aromatic heterocycles. The number of aromatic nitrogens is 2. The summed E-state index contributed by atoms with van der Waals surface area (Å²) in [6, 6.07) is 20.8. The quantitative estimate of drug-likeness (QED) is 0.207. The number of amides is 1. The van der Waals surface area contributed by atoms with Crippen molar-refractivity contribution in [3.05, 3.63) is 89.6 Å². The summed E-state index contributed by atoms with van der Waals surface area (Å²) < 4.78 is 17.9. The van der Waals surface area contributed by atoms with Crippen LogP contribution in [0.3, 0.4) is 0 Å². The average Bonchev–Trinajstić information content (AvgIpc) is 3.02. The van der Waals surface area contributed by atoms with Crippen LogP contribution in [0.1, 0.15) is 28.4 Å². The lowest BCUT2D eigenvalue weighted by Gasteiger charge is -2.32. The van der Waals surface area contributed by atoms with E-state index in [1.165, 1.54) is 6.20 Å². The monoisotopic (exact) mass is 596 g/mol. The Hall–Kier alpha value is -4.67. The summed E-state index contributed by atoms with van der Waals surface area (Å²) in [6.07, 6.45) is 1.47. The number of rotatable bonds is 12. The first-order chi connectivity index (χ1) is 21.4. The van der Waals surface area contributed by atoms with Crippen molar-refractivity contribution in [2.75, 3.05) is 63.6 Å². The smallest absolute Gasteiger partial charge is 0.262 e. The molecule has 0 saturated carbocycles. The number of anilines is 3. The first-order valence-electron chi connectivity index (χ1n) is 14.9. The second-order valence-electron chi connectivity index (χ2n) is 10.8. The van der Waals surface area contributed by atoms with Gasteiger partial charge in [0.05, 0.1) is 6.61 Å². The Morgan fingerprint density at radius 1 is 0.886 bits per heavy atom. The number of ether oxygens (including phenoxy) is 3. The maximum absolute atomic E-state index is 13.5. The topological polar surface area (TPSA) is 101 Å². The van der Waals surface area contributed by atoms with Gasteiger partial charge in [0.15, 0.2) is 11.5 Å². The van der Waals surface area contributed by atoms with Crippen LogP contribution in [0, 0.1) is 13.8 Å². The van der Waals surface area contributed by atoms with Gasteiger partial charge in [-0.1, -0.05) is 30.3 Å². The molecule has 1 aliphatic heterocycles. The zero-order valence-corrected chi connectivity index (χ0v) is 25.8. The molecular weight excluding hydrogens is 556 g/mol. The van der Waals surface area contributed by atoms with Crippen molar-refractivity contribution in [2.24, 2.45) is 0 Å². The van der Waals surface area contributed by atoms with Gasteiger partial charge in [-0.15, -0.1) is 0 Å². The third-order valence-corrected chi connectivity index (χ3v) is 7.46. The van der Waals surface area contributed by atoms with Crippen LogP contribution in [0.4, 0.5) is 17.3 Å². The van der Waals surface area contributed by atoms with Crippen molar-refractivity contribution in [2.45, 2.75) is 20.8 Å². The molecule has 3 aromatic carbocycles. The van der Waals surface area contributed by atoms with Crippen molar-refractivity contribution >= 4 is 23.2 Å². The van der Waals surface area contributed by atoms with E-state index in [0.717, 1.165) is 61.0 Å². The van der Waals surface area contributed by atoms with Gasteiger partial charge in [-0.25, -0.2) is 4.98 Å². The largest absolute Gasteiger partial charge is 0.492 e. The van der Waals surface area contributed by atoms with E-state index in [-0.39, 0.29) is 23.3 Å². The molecule has 1 fully saturated rings. The third-order valence-electron chi connectivity index (χ3n) is 7.46. The van der Waals surface area contributed by atoms with E-state index in [2.05, 4.69) is 37.4 Å². The normalized spacial score (nSPS) is 13.7. The fourth-order valence-corrected chi connectivity index (χ4v) is 4.89. The number of aryl methyl sites for hydroxylation is 2. The van der Waals surface area contributed by atoms with Crippen molar-refractivity contribution < 1.29 is 19.0 Å². The highest BCUT2D eigenvalue weighted by atomic mass is 16.5. The van der Waals surface area contributed by atoms with Crippen LogP contribution in [0.5, 0.6) is 23.1 Å². The third kappa shape index (κ3) is 8.03. The zero-order chi connectivity index (χ0) is 30.9. The van der Waals surface area contributed by atoms with Gasteiger partial charge in [-0.2, -0.15) is 4.98 Å². The molecule has 10 nitrogen and oxygen atoms in total. The van der Waals surface area contributed by atoms with Gasteiger partial charge in [-0.05, 0) is 75.3 Å². The highest BCUT2D eigenvalue weighted by Crippen LogP contribution is 2.33. The summed E-state index contributed by atoms with van der Waals surface area (Å²) in [7, 11) is 2.16. The molecule has 44 heavy (non-hydrogen) atoms. The lowest BCUT2D eigenvalue weighted by molar-refractivity contribution is 0.102. The minimum absolute atomic E-state index is 0.0993. The fraction of sp³-hybridized carbons (Fsp3) is 0.324. The fourth-order valence-electron chi connectivity index (χ4n) is 4.89. The minimum Gasteiger partial charge on any atom is -0.492 e. The number of carbonyl (C=O) groups is 1. The molecule has 230 valence electrons. The average molecular weight is 597 g/mol. The molecule has 0 spiro atoms. The molecule has 0 bridgehead atoms. The molecule has 0 atom stereocenters. The van der Waals surface area contributed by atoms with Crippen LogP contribution in [-0.2, 0) is 0 Å². The van der Waals surface area contributed by atoms with Crippen LogP contribution in [0.2, 0.25) is 0 Å². The maximum atomic E-state index is 13.5. The molecule has 2 heterocycles. The van der Waals surface area contributed by atoms with E-state index < -0.39 is 0 Å². The summed E-state index contributed by atoms with van der Waals surface area (Å²) in [5, 5.41) is 6.22. The van der Waals surface area contributed by atoms with Crippen LogP contribution in [0.25, 0.3) is 0 Å². The van der Waals surface area contributed by atoms with Crippen LogP contribution < -0.4 is 24.8 Å². The van der Waals surface area contributed by atoms with E-state index in [1.807, 2.05) is 81.4 Å². The summed E-state index contributed by atoms with van der Waals surface area (Å²) in [6.45, 7) is 12.1. The molecule has 2 N–H and O–H groups in total. The van der Waals surface area contributed by atoms with Crippen molar-refractivity contribution in [3.63, 3.8) is 0 Å². The number of nitrogens with zero attached hydrogens (tertiary/aromatic N) is 4. The Kier molecular flexibility index (Phi) is 10.3. The second kappa shape index (κ2) is 14.7. The molecule has 1 aliphatic rings. The lowest BCUT2D eigenvalue weighted by Crippen LogP contribution is -2.45. The summed E-state index contributed by atoms with van der Waals surface area (Å²) in [5.74, 6) is 1.78. The molecule has 1 amide bonds. The second-order valence-corrected chi connectivity index (χ2v) is 10.8. The molecule has 0 aliphatic carbocycles. The number of piperazine rings is 1. The Morgan fingerprint density at radius 2 is 1.59 bits per heavy atom. The highest BCUT2D eigenvalue weighted by molar-refractivity contribution is 6.06. The molecule has 0 radical (unpaired) electrons. The standard InChI is InChI=1S/C34H40N6O4/c1-5-42-29-11-6-7-12-30(29)44-33-28(32(41)37-31-24(2)9-8-10-25(31)3)23-35-34(38-33)36-26-13-15-27(16-14-26)43-22-21-40-19-17-39(4)18-20-40/h6-16,23H,5,17-22H2,1-4H3,(H,37,41)(H,35,36,38). The number of para-hydroxylation sites is 3. The van der Waals surface area contributed by atoms with Gasteiger partial charge in [0.1, 0.15) is 17.9 Å². The Bertz CT molecular complexity index is 1530. The van der Waals surface area contributed by atoms with Gasteiger partial charge in [-0.3, -0.25) is 9.69 Å². The number of hydrogen-bond acceptors (Lipinski definition) is 9. The van der Waals surface area contributed by atoms with Gasteiger partial charge >= 0.3 is 0 Å². The van der Waals surface area contributed by atoms with Crippen molar-refractivity contribution in [3.8, 4) is 23.1 Å². The summed E-state index contributed by atoms with van der Waals surface area (Å²) >= 11 is 0. The molecular formula is C34H40N6O4. The number of benzene rings is 3. The molecule has 4 aromatic rings. The molecule has 0 unspecified atom stereocenters. The maximum Gasteiger partial charge on any atom is 0.262 e. The number of nitrogens with one attached hydrogen (secondary N) is 2. The van der Waals surface area contributed by atoms with Crippen molar-refractivity contribution in [1.82, 2.24) is 19.8 Å². The predicted molar refractivity (Wildman–Crippen MR) is 173 cm³/mol. The van der Waals surface area contributed by atoms with E-state index in [1.54, 1.807) is 6.07 Å². The van der Waals surface area contributed by atoms with Crippen molar-refractivity contribution in [1.29, 1.82) is 0 Å². The SMILES string of the molecule is CCOc1ccccc1Oc1nc(Nc2ccc(OCCN3CCN(C)CC3)cc2)ncc1C(=O)Nc1c(C)cccc1C. The number of carbonyl (C=O) groups excluding carboxylic acids is 1. The number of hydrogen-bond donors (Lipinski definition) is 2. The summed E-state index contributed by atoms with van der Waals surface area (Å²) in [5.41, 5.74) is 3.60. The first-order valence-corrected chi connectivity index (χ1v) is 14.9. The van der Waals surface area contributed by atoms with Gasteiger partial charge < -0.3 is 29.7 Å². The number of likely N-dealkylation sites (N-methyl/N-ethyl adjacent to an activating group) is 1.